The number of methoxy groups -OCH3 is 2. The molecular formula is C16H20N2O2. The Bertz CT molecular complexity index is 570. The van der Waals surface area contributed by atoms with E-state index in [1.165, 1.54) is 0 Å². The van der Waals surface area contributed by atoms with Crippen LogP contribution >= 0.6 is 0 Å². The Labute approximate surface area is 119 Å². The first-order valence-corrected chi connectivity index (χ1v) is 6.70. The predicted octanol–water partition coefficient (Wildman–Crippen LogP) is 3.59. The summed E-state index contributed by atoms with van der Waals surface area (Å²) in [5.41, 5.74) is 2.84. The second-order valence-corrected chi connectivity index (χ2v) is 4.42. The lowest BCUT2D eigenvalue weighted by atomic mass is 10.1. The molecular weight excluding hydrogens is 252 g/mol. The van der Waals surface area contributed by atoms with E-state index in [0.29, 0.717) is 0 Å². The van der Waals surface area contributed by atoms with Gasteiger partial charge >= 0.3 is 0 Å². The second-order valence-electron chi connectivity index (χ2n) is 4.42. The van der Waals surface area contributed by atoms with Gasteiger partial charge in [-0.1, -0.05) is 6.92 Å². The van der Waals surface area contributed by atoms with Gasteiger partial charge in [0.2, 0.25) is 0 Å². The maximum atomic E-state index is 5.40. The third-order valence-corrected chi connectivity index (χ3v) is 3.02. The Morgan fingerprint density at radius 1 is 1.10 bits per heavy atom. The van der Waals surface area contributed by atoms with Crippen molar-refractivity contribution in [3.05, 3.63) is 36.5 Å². The fourth-order valence-electron chi connectivity index (χ4n) is 1.97. The Kier molecular flexibility index (Phi) is 4.82. The molecule has 0 saturated carbocycles. The number of hydrogen-bond acceptors (Lipinski definition) is 4. The average Bonchev–Trinajstić information content (AvgIpc) is 2.52. The molecule has 0 aliphatic carbocycles. The minimum atomic E-state index is 0.783. The fraction of sp³-hybridized carbons (Fsp3) is 0.312. The van der Waals surface area contributed by atoms with Gasteiger partial charge in [-0.3, -0.25) is 4.98 Å². The molecule has 0 unspecified atom stereocenters. The van der Waals surface area contributed by atoms with Crippen molar-refractivity contribution in [3.63, 3.8) is 0 Å². The monoisotopic (exact) mass is 272 g/mol. The summed E-state index contributed by atoms with van der Waals surface area (Å²) in [6.07, 6.45) is 2.88. The van der Waals surface area contributed by atoms with Crippen molar-refractivity contribution in [2.24, 2.45) is 0 Å². The molecule has 0 radical (unpaired) electrons. The van der Waals surface area contributed by atoms with Crippen LogP contribution in [0.15, 0.2) is 36.5 Å². The summed E-state index contributed by atoms with van der Waals surface area (Å²) in [5, 5.41) is 3.36. The first kappa shape index (κ1) is 14.2. The van der Waals surface area contributed by atoms with Crippen LogP contribution in [-0.4, -0.2) is 25.7 Å². The van der Waals surface area contributed by atoms with E-state index in [1.54, 1.807) is 20.4 Å². The molecule has 20 heavy (non-hydrogen) atoms. The van der Waals surface area contributed by atoms with Gasteiger partial charge in [0.1, 0.15) is 11.5 Å². The van der Waals surface area contributed by atoms with Crippen LogP contribution in [0.4, 0.5) is 5.69 Å². The van der Waals surface area contributed by atoms with Gasteiger partial charge in [0.15, 0.2) is 0 Å². The van der Waals surface area contributed by atoms with Crippen LogP contribution in [-0.2, 0) is 0 Å². The molecule has 0 amide bonds. The summed E-state index contributed by atoms with van der Waals surface area (Å²) in [4.78, 5) is 4.43. The van der Waals surface area contributed by atoms with E-state index < -0.39 is 0 Å². The zero-order valence-electron chi connectivity index (χ0n) is 12.1. The fourth-order valence-corrected chi connectivity index (χ4v) is 1.97. The van der Waals surface area contributed by atoms with Gasteiger partial charge in [0, 0.05) is 24.0 Å². The van der Waals surface area contributed by atoms with Crippen molar-refractivity contribution in [2.75, 3.05) is 26.1 Å². The number of rotatable bonds is 6. The van der Waals surface area contributed by atoms with E-state index >= 15 is 0 Å². The molecule has 0 saturated heterocycles. The minimum Gasteiger partial charge on any atom is -0.497 e. The molecule has 1 aromatic heterocycles. The van der Waals surface area contributed by atoms with Crippen LogP contribution in [0.5, 0.6) is 11.5 Å². The van der Waals surface area contributed by atoms with Crippen molar-refractivity contribution < 1.29 is 9.47 Å². The third kappa shape index (κ3) is 3.20. The zero-order valence-corrected chi connectivity index (χ0v) is 12.1. The Balaban J connectivity index is 2.39. The molecule has 1 aromatic carbocycles. The van der Waals surface area contributed by atoms with Gasteiger partial charge in [-0.2, -0.15) is 0 Å². The van der Waals surface area contributed by atoms with Gasteiger partial charge in [-0.25, -0.2) is 0 Å². The molecule has 0 bridgehead atoms. The van der Waals surface area contributed by atoms with Crippen molar-refractivity contribution in [3.8, 4) is 22.8 Å². The summed E-state index contributed by atoms with van der Waals surface area (Å²) >= 11 is 0. The Morgan fingerprint density at radius 2 is 1.95 bits per heavy atom. The smallest absolute Gasteiger partial charge is 0.128 e. The van der Waals surface area contributed by atoms with E-state index in [0.717, 1.165) is 41.4 Å². The third-order valence-electron chi connectivity index (χ3n) is 3.02. The molecule has 1 heterocycles. The van der Waals surface area contributed by atoms with Crippen molar-refractivity contribution in [1.29, 1.82) is 0 Å². The number of nitrogens with zero attached hydrogens (tertiary/aromatic N) is 1. The molecule has 0 aliphatic rings. The summed E-state index contributed by atoms with van der Waals surface area (Å²) in [7, 11) is 3.31. The number of benzene rings is 1. The largest absolute Gasteiger partial charge is 0.497 e. The lowest BCUT2D eigenvalue weighted by molar-refractivity contribution is 0.404. The predicted molar refractivity (Wildman–Crippen MR) is 81.6 cm³/mol. The number of pyridine rings is 1. The quantitative estimate of drug-likeness (QED) is 0.872. The van der Waals surface area contributed by atoms with Crippen LogP contribution in [0.25, 0.3) is 11.3 Å². The maximum Gasteiger partial charge on any atom is 0.128 e. The number of nitrogens with one attached hydrogen (secondary N) is 1. The molecule has 4 nitrogen and oxygen atoms in total. The zero-order chi connectivity index (χ0) is 14.4. The highest BCUT2D eigenvalue weighted by atomic mass is 16.5. The summed E-state index contributed by atoms with van der Waals surface area (Å²) in [6.45, 7) is 3.08. The molecule has 4 heteroatoms. The van der Waals surface area contributed by atoms with E-state index in [1.807, 2.05) is 30.3 Å². The average molecular weight is 272 g/mol. The normalized spacial score (nSPS) is 10.2. The van der Waals surface area contributed by atoms with Crippen LogP contribution in [0.3, 0.4) is 0 Å². The van der Waals surface area contributed by atoms with Gasteiger partial charge in [-0.15, -0.1) is 0 Å². The molecule has 106 valence electrons. The number of anilines is 1. The van der Waals surface area contributed by atoms with E-state index in [4.69, 9.17) is 9.47 Å². The van der Waals surface area contributed by atoms with Crippen LogP contribution < -0.4 is 14.8 Å². The molecule has 0 aliphatic heterocycles. The lowest BCUT2D eigenvalue weighted by Gasteiger charge is -2.11. The van der Waals surface area contributed by atoms with E-state index in [2.05, 4.69) is 17.2 Å². The molecule has 0 atom stereocenters. The molecule has 1 N–H and O–H groups in total. The van der Waals surface area contributed by atoms with Gasteiger partial charge in [0.05, 0.1) is 19.9 Å². The molecule has 0 spiro atoms. The first-order chi connectivity index (χ1) is 9.78. The van der Waals surface area contributed by atoms with Crippen molar-refractivity contribution >= 4 is 5.69 Å². The van der Waals surface area contributed by atoms with Gasteiger partial charge in [-0.05, 0) is 36.8 Å². The molecule has 2 aromatic rings. The van der Waals surface area contributed by atoms with Crippen LogP contribution in [0.1, 0.15) is 13.3 Å². The Morgan fingerprint density at radius 3 is 2.65 bits per heavy atom. The Hall–Kier alpha value is -2.23. The van der Waals surface area contributed by atoms with E-state index in [-0.39, 0.29) is 0 Å². The maximum absolute atomic E-state index is 5.40. The standard InChI is InChI=1S/C16H20N2O2/c1-4-8-17-12-7-9-18-15(10-12)14-11-13(19-2)5-6-16(14)20-3/h5-7,9-11H,4,8H2,1-3H3,(H,17,18). The first-order valence-electron chi connectivity index (χ1n) is 6.70. The minimum absolute atomic E-state index is 0.783. The van der Waals surface area contributed by atoms with Crippen molar-refractivity contribution in [2.45, 2.75) is 13.3 Å². The SMILES string of the molecule is CCCNc1ccnc(-c2cc(OC)ccc2OC)c1. The second kappa shape index (κ2) is 6.80. The van der Waals surface area contributed by atoms with Crippen LogP contribution in [0.2, 0.25) is 0 Å². The topological polar surface area (TPSA) is 43.4 Å². The molecule has 0 fully saturated rings. The highest BCUT2D eigenvalue weighted by Gasteiger charge is 2.09. The lowest BCUT2D eigenvalue weighted by Crippen LogP contribution is -2.00. The number of hydrogen-bond donors (Lipinski definition) is 1. The summed E-state index contributed by atoms with van der Waals surface area (Å²) in [5.74, 6) is 1.57. The highest BCUT2D eigenvalue weighted by Crippen LogP contribution is 2.33. The van der Waals surface area contributed by atoms with Crippen LogP contribution in [0, 0.1) is 0 Å². The number of ether oxygens (including phenoxy) is 2. The summed E-state index contributed by atoms with van der Waals surface area (Å²) < 4.78 is 10.7. The highest BCUT2D eigenvalue weighted by molar-refractivity contribution is 5.71. The summed E-state index contributed by atoms with van der Waals surface area (Å²) in [6, 6.07) is 9.69. The van der Waals surface area contributed by atoms with E-state index in [9.17, 15) is 0 Å². The van der Waals surface area contributed by atoms with Crippen molar-refractivity contribution in [1.82, 2.24) is 4.98 Å². The molecule has 2 rings (SSSR count). The van der Waals surface area contributed by atoms with Gasteiger partial charge in [0.25, 0.3) is 0 Å². The number of aromatic nitrogens is 1. The van der Waals surface area contributed by atoms with Gasteiger partial charge < -0.3 is 14.8 Å².